The zero-order valence-corrected chi connectivity index (χ0v) is 10.3. The van der Waals surface area contributed by atoms with E-state index >= 15 is 0 Å². The molecule has 0 aliphatic heterocycles. The largest absolute Gasteiger partial charge is 0.378 e. The molecule has 0 amide bonds. The molecule has 0 aliphatic carbocycles. The summed E-state index contributed by atoms with van der Waals surface area (Å²) in [5.74, 6) is -0.113. The van der Waals surface area contributed by atoms with Crippen molar-refractivity contribution in [3.05, 3.63) is 35.9 Å². The predicted octanol–water partition coefficient (Wildman–Crippen LogP) is 3.94. The fraction of sp³-hybridized carbons (Fsp3) is 0.571. The Balaban J connectivity index is 2.69. The monoisotopic (exact) mass is 224 g/mol. The van der Waals surface area contributed by atoms with Gasteiger partial charge in [-0.15, -0.1) is 0 Å². The number of hydrogen-bond donors (Lipinski definition) is 0. The van der Waals surface area contributed by atoms with Gasteiger partial charge in [0.05, 0.1) is 6.10 Å². The molecule has 0 bridgehead atoms. The molecule has 0 spiro atoms. The highest BCUT2D eigenvalue weighted by atomic mass is 19.1. The Labute approximate surface area is 97.6 Å². The molecule has 0 aliphatic rings. The van der Waals surface area contributed by atoms with Crippen molar-refractivity contribution in [2.45, 2.75) is 44.9 Å². The summed E-state index contributed by atoms with van der Waals surface area (Å²) in [6.45, 7) is 3.97. The van der Waals surface area contributed by atoms with E-state index in [1.807, 2.05) is 44.2 Å². The van der Waals surface area contributed by atoms with Gasteiger partial charge in [0.15, 0.2) is 0 Å². The average Bonchev–Trinajstić information content (AvgIpc) is 2.35. The van der Waals surface area contributed by atoms with Crippen LogP contribution in [-0.4, -0.2) is 19.4 Å². The Kier molecular flexibility index (Phi) is 5.47. The molecule has 2 heteroatoms. The van der Waals surface area contributed by atoms with Crippen molar-refractivity contribution in [1.29, 1.82) is 0 Å². The number of benzene rings is 1. The molecule has 1 aromatic rings. The Morgan fingerprint density at radius 2 is 1.88 bits per heavy atom. The van der Waals surface area contributed by atoms with Crippen LogP contribution in [0.5, 0.6) is 0 Å². The van der Waals surface area contributed by atoms with Gasteiger partial charge in [0.2, 0.25) is 0 Å². The first-order valence-electron chi connectivity index (χ1n) is 5.92. The highest BCUT2D eigenvalue weighted by Crippen LogP contribution is 2.26. The lowest BCUT2D eigenvalue weighted by Crippen LogP contribution is -2.28. The van der Waals surface area contributed by atoms with Crippen LogP contribution in [0.15, 0.2) is 30.3 Å². The van der Waals surface area contributed by atoms with Crippen molar-refractivity contribution in [3.8, 4) is 0 Å². The highest BCUT2D eigenvalue weighted by molar-refractivity contribution is 5.20. The molecule has 1 unspecified atom stereocenters. The van der Waals surface area contributed by atoms with Crippen molar-refractivity contribution < 1.29 is 9.13 Å². The zero-order valence-electron chi connectivity index (χ0n) is 10.3. The normalized spacial score (nSPS) is 16.8. The van der Waals surface area contributed by atoms with Crippen LogP contribution in [0, 0.1) is 0 Å². The van der Waals surface area contributed by atoms with E-state index in [0.717, 1.165) is 18.4 Å². The third-order valence-corrected chi connectivity index (χ3v) is 3.03. The molecular formula is C14H21FO. The summed E-state index contributed by atoms with van der Waals surface area (Å²) in [4.78, 5) is 0. The van der Waals surface area contributed by atoms with Crippen LogP contribution in [0.25, 0.3) is 0 Å². The van der Waals surface area contributed by atoms with Crippen LogP contribution in [-0.2, 0) is 4.74 Å². The fourth-order valence-electron chi connectivity index (χ4n) is 1.95. The van der Waals surface area contributed by atoms with E-state index in [-0.39, 0.29) is 12.0 Å². The van der Waals surface area contributed by atoms with Gasteiger partial charge >= 0.3 is 0 Å². The molecule has 3 atom stereocenters. The van der Waals surface area contributed by atoms with E-state index in [2.05, 4.69) is 0 Å². The van der Waals surface area contributed by atoms with Gasteiger partial charge in [-0.25, -0.2) is 4.39 Å². The maximum Gasteiger partial charge on any atom is 0.133 e. The van der Waals surface area contributed by atoms with Crippen LogP contribution in [0.4, 0.5) is 4.39 Å². The topological polar surface area (TPSA) is 9.23 Å². The maximum atomic E-state index is 14.2. The first kappa shape index (κ1) is 13.2. The van der Waals surface area contributed by atoms with Crippen molar-refractivity contribution in [2.75, 3.05) is 7.11 Å². The summed E-state index contributed by atoms with van der Waals surface area (Å²) in [6.07, 6.45) is 0.488. The molecule has 0 radical (unpaired) electrons. The molecule has 90 valence electrons. The third kappa shape index (κ3) is 3.31. The van der Waals surface area contributed by atoms with Crippen molar-refractivity contribution in [2.24, 2.45) is 0 Å². The molecule has 0 saturated carbocycles. The van der Waals surface area contributed by atoms with Gasteiger partial charge in [0.25, 0.3) is 0 Å². The van der Waals surface area contributed by atoms with E-state index in [1.54, 1.807) is 7.11 Å². The second-order valence-corrected chi connectivity index (χ2v) is 4.21. The van der Waals surface area contributed by atoms with Gasteiger partial charge in [-0.1, -0.05) is 50.6 Å². The van der Waals surface area contributed by atoms with E-state index in [9.17, 15) is 4.39 Å². The number of hydrogen-bond acceptors (Lipinski definition) is 1. The Bertz CT molecular complexity index is 286. The lowest BCUT2D eigenvalue weighted by Gasteiger charge is -2.24. The molecule has 1 aromatic carbocycles. The second-order valence-electron chi connectivity index (χ2n) is 4.21. The number of halogens is 1. The molecule has 16 heavy (non-hydrogen) atoms. The second kappa shape index (κ2) is 6.64. The standard InChI is InChI=1S/C14H21FO/c1-4-8-13(16-3)14(15)11(2)12-9-6-5-7-10-12/h5-7,9-11,13-14H,4,8H2,1-3H3/t11?,13-,14-/m0/s1. The first-order chi connectivity index (χ1) is 7.70. The minimum Gasteiger partial charge on any atom is -0.378 e. The molecule has 0 heterocycles. The fourth-order valence-corrected chi connectivity index (χ4v) is 1.95. The summed E-state index contributed by atoms with van der Waals surface area (Å²) in [5.41, 5.74) is 1.04. The number of rotatable bonds is 6. The minimum atomic E-state index is -0.938. The molecule has 1 rings (SSSR count). The van der Waals surface area contributed by atoms with Crippen LogP contribution in [0.1, 0.15) is 38.2 Å². The average molecular weight is 224 g/mol. The van der Waals surface area contributed by atoms with E-state index in [4.69, 9.17) is 4.74 Å². The Morgan fingerprint density at radius 3 is 2.38 bits per heavy atom. The van der Waals surface area contributed by atoms with Gasteiger partial charge in [-0.05, 0) is 12.0 Å². The van der Waals surface area contributed by atoms with Gasteiger partial charge in [0, 0.05) is 13.0 Å². The maximum absolute atomic E-state index is 14.2. The van der Waals surface area contributed by atoms with Gasteiger partial charge in [0.1, 0.15) is 6.17 Å². The van der Waals surface area contributed by atoms with E-state index < -0.39 is 6.17 Å². The SMILES string of the molecule is CCC[C@H](OC)[C@@H](F)C(C)c1ccccc1. The first-order valence-corrected chi connectivity index (χ1v) is 5.92. The third-order valence-electron chi connectivity index (χ3n) is 3.03. The molecular weight excluding hydrogens is 203 g/mol. The molecule has 0 aromatic heterocycles. The lowest BCUT2D eigenvalue weighted by molar-refractivity contribution is 0.0166. The highest BCUT2D eigenvalue weighted by Gasteiger charge is 2.26. The summed E-state index contributed by atoms with van der Waals surface area (Å²) < 4.78 is 19.4. The van der Waals surface area contributed by atoms with Gasteiger partial charge in [-0.2, -0.15) is 0 Å². The minimum absolute atomic E-state index is 0.113. The van der Waals surface area contributed by atoms with Crippen LogP contribution in [0.3, 0.4) is 0 Å². The van der Waals surface area contributed by atoms with Crippen molar-refractivity contribution in [1.82, 2.24) is 0 Å². The molecule has 0 fully saturated rings. The van der Waals surface area contributed by atoms with Crippen molar-refractivity contribution in [3.63, 3.8) is 0 Å². The number of methoxy groups -OCH3 is 1. The lowest BCUT2D eigenvalue weighted by atomic mass is 9.91. The summed E-state index contributed by atoms with van der Waals surface area (Å²) in [7, 11) is 1.59. The van der Waals surface area contributed by atoms with Crippen LogP contribution < -0.4 is 0 Å². The van der Waals surface area contributed by atoms with Crippen LogP contribution >= 0.6 is 0 Å². The quantitative estimate of drug-likeness (QED) is 0.711. The smallest absolute Gasteiger partial charge is 0.133 e. The van der Waals surface area contributed by atoms with Crippen molar-refractivity contribution >= 4 is 0 Å². The van der Waals surface area contributed by atoms with Gasteiger partial charge < -0.3 is 4.74 Å². The van der Waals surface area contributed by atoms with Gasteiger partial charge in [-0.3, -0.25) is 0 Å². The number of ether oxygens (including phenoxy) is 1. The van der Waals surface area contributed by atoms with E-state index in [1.165, 1.54) is 0 Å². The summed E-state index contributed by atoms with van der Waals surface area (Å²) >= 11 is 0. The zero-order chi connectivity index (χ0) is 12.0. The Morgan fingerprint density at radius 1 is 1.25 bits per heavy atom. The van der Waals surface area contributed by atoms with Crippen LogP contribution in [0.2, 0.25) is 0 Å². The summed E-state index contributed by atoms with van der Waals surface area (Å²) in [5, 5.41) is 0. The predicted molar refractivity (Wildman–Crippen MR) is 65.5 cm³/mol. The molecule has 0 saturated heterocycles. The Hall–Kier alpha value is -0.890. The summed E-state index contributed by atoms with van der Waals surface area (Å²) in [6, 6.07) is 9.77. The molecule has 1 nitrogen and oxygen atoms in total. The number of alkyl halides is 1. The van der Waals surface area contributed by atoms with E-state index in [0.29, 0.717) is 0 Å². The molecule has 0 N–H and O–H groups in total.